The highest BCUT2D eigenvalue weighted by molar-refractivity contribution is 9.10. The van der Waals surface area contributed by atoms with Crippen molar-refractivity contribution >= 4 is 31.9 Å². The Labute approximate surface area is 271 Å². The Kier molecular flexibility index (Phi) is 9.83. The normalized spacial score (nSPS) is 10.5. The summed E-state index contributed by atoms with van der Waals surface area (Å²) < 4.78 is 11.8. The van der Waals surface area contributed by atoms with Gasteiger partial charge in [-0.05, 0) is 105 Å². The van der Waals surface area contributed by atoms with Crippen LogP contribution < -0.4 is 9.47 Å². The molecule has 0 aliphatic heterocycles. The smallest absolute Gasteiger partial charge is 0.167 e. The third-order valence-corrected chi connectivity index (χ3v) is 7.33. The van der Waals surface area contributed by atoms with Crippen molar-refractivity contribution in [1.29, 1.82) is 0 Å². The van der Waals surface area contributed by atoms with Crippen molar-refractivity contribution in [3.63, 3.8) is 0 Å². The van der Waals surface area contributed by atoms with Crippen molar-refractivity contribution in [2.45, 2.75) is 0 Å². The third kappa shape index (κ3) is 7.04. The van der Waals surface area contributed by atoms with Gasteiger partial charge in [0.05, 0.1) is 48.4 Å². The summed E-state index contributed by atoms with van der Waals surface area (Å²) in [5.41, 5.74) is 5.57. The molecule has 44 heavy (non-hydrogen) atoms. The highest BCUT2D eigenvalue weighted by Gasteiger charge is 2.13. The van der Waals surface area contributed by atoms with Gasteiger partial charge in [-0.1, -0.05) is 36.4 Å². The monoisotopic (exact) mass is 712 g/mol. The van der Waals surface area contributed by atoms with Crippen LogP contribution in [-0.2, 0) is 0 Å². The van der Waals surface area contributed by atoms with Gasteiger partial charge < -0.3 is 19.7 Å². The first-order valence-electron chi connectivity index (χ1n) is 13.3. The Bertz CT molecular complexity index is 1780. The number of halogens is 2. The van der Waals surface area contributed by atoms with Gasteiger partial charge in [-0.2, -0.15) is 0 Å². The number of aromatic hydroxyl groups is 2. The van der Waals surface area contributed by atoms with Crippen molar-refractivity contribution in [3.05, 3.63) is 118 Å². The fourth-order valence-electron chi connectivity index (χ4n) is 4.34. The Morgan fingerprint density at radius 2 is 0.750 bits per heavy atom. The minimum atomic E-state index is 0.0804. The van der Waals surface area contributed by atoms with Crippen LogP contribution in [0.15, 0.2) is 118 Å². The summed E-state index contributed by atoms with van der Waals surface area (Å²) in [7, 11) is 3.04. The van der Waals surface area contributed by atoms with Crippen LogP contribution >= 0.6 is 31.9 Å². The molecule has 2 N–H and O–H groups in total. The van der Waals surface area contributed by atoms with E-state index in [1.807, 2.05) is 84.9 Å². The van der Waals surface area contributed by atoms with E-state index in [4.69, 9.17) is 9.47 Å². The third-order valence-electron chi connectivity index (χ3n) is 6.44. The van der Waals surface area contributed by atoms with E-state index >= 15 is 0 Å². The number of methoxy groups -OCH3 is 2. The van der Waals surface area contributed by atoms with Gasteiger partial charge in [0.2, 0.25) is 0 Å². The van der Waals surface area contributed by atoms with Crippen molar-refractivity contribution in [1.82, 2.24) is 19.9 Å². The maximum absolute atomic E-state index is 10.3. The molecule has 0 saturated carbocycles. The molecule has 0 atom stereocenters. The molecule has 220 valence electrons. The van der Waals surface area contributed by atoms with E-state index in [1.54, 1.807) is 24.3 Å². The quantitative estimate of drug-likeness (QED) is 0.165. The van der Waals surface area contributed by atoms with Gasteiger partial charge in [-0.3, -0.25) is 0 Å². The van der Waals surface area contributed by atoms with Crippen molar-refractivity contribution in [2.24, 2.45) is 0 Å². The standard InChI is InChI=1S/2C17H13BrN2O2/c2*1-22-15-9-2-5-11(17(15)21)12-6-3-7-13(19-12)14-8-4-10-16(18)20-14/h2*2-10,21H,1H3. The summed E-state index contributed by atoms with van der Waals surface area (Å²) in [4.78, 5) is 18.0. The number of rotatable bonds is 6. The van der Waals surface area contributed by atoms with Gasteiger partial charge in [0.1, 0.15) is 9.21 Å². The van der Waals surface area contributed by atoms with E-state index in [0.717, 1.165) is 32.0 Å². The zero-order chi connectivity index (χ0) is 31.1. The zero-order valence-corrected chi connectivity index (χ0v) is 26.8. The summed E-state index contributed by atoms with van der Waals surface area (Å²) in [5.74, 6) is 1.00. The van der Waals surface area contributed by atoms with E-state index in [1.165, 1.54) is 14.2 Å². The van der Waals surface area contributed by atoms with Gasteiger partial charge in [-0.15, -0.1) is 0 Å². The Morgan fingerprint density at radius 3 is 1.11 bits per heavy atom. The number of nitrogens with zero attached hydrogens (tertiary/aromatic N) is 4. The second kappa shape index (κ2) is 14.1. The van der Waals surface area contributed by atoms with Crippen LogP contribution in [0.2, 0.25) is 0 Å². The zero-order valence-electron chi connectivity index (χ0n) is 23.6. The first kappa shape index (κ1) is 30.7. The molecule has 8 nitrogen and oxygen atoms in total. The largest absolute Gasteiger partial charge is 0.504 e. The number of phenols is 2. The molecule has 0 fully saturated rings. The van der Waals surface area contributed by atoms with Crippen LogP contribution in [0.25, 0.3) is 45.3 Å². The molecular weight excluding hydrogens is 688 g/mol. The SMILES string of the molecule is COc1cccc(-c2cccc(-c3cccc(Br)n3)n2)c1O.COc1cccc(-c2cccc(-c3cccc(Br)n3)n2)c1O. The van der Waals surface area contributed by atoms with E-state index in [-0.39, 0.29) is 11.5 Å². The summed E-state index contributed by atoms with van der Waals surface area (Å²) in [5, 5.41) is 20.5. The Hall–Kier alpha value is -4.80. The van der Waals surface area contributed by atoms with Crippen LogP contribution in [0.5, 0.6) is 23.0 Å². The van der Waals surface area contributed by atoms with Gasteiger partial charge in [0, 0.05) is 11.1 Å². The van der Waals surface area contributed by atoms with Crippen molar-refractivity contribution in [3.8, 4) is 68.3 Å². The van der Waals surface area contributed by atoms with Gasteiger partial charge in [0.15, 0.2) is 23.0 Å². The van der Waals surface area contributed by atoms with Crippen LogP contribution in [0.4, 0.5) is 0 Å². The number of hydrogen-bond donors (Lipinski definition) is 2. The fourth-order valence-corrected chi connectivity index (χ4v) is 5.03. The van der Waals surface area contributed by atoms with Crippen LogP contribution in [0.1, 0.15) is 0 Å². The molecule has 6 rings (SSSR count). The molecule has 0 spiro atoms. The molecule has 4 aromatic heterocycles. The molecule has 2 aromatic carbocycles. The Morgan fingerprint density at radius 1 is 0.432 bits per heavy atom. The summed E-state index contributed by atoms with van der Waals surface area (Å²) in [6.45, 7) is 0. The Balaban J connectivity index is 0.000000175. The minimum absolute atomic E-state index is 0.0804. The molecule has 0 radical (unpaired) electrons. The van der Waals surface area contributed by atoms with Crippen molar-refractivity contribution < 1.29 is 19.7 Å². The molecule has 0 aliphatic rings. The number of hydrogen-bond acceptors (Lipinski definition) is 8. The molecule has 4 heterocycles. The molecular formula is C34H26Br2N4O4. The molecule has 0 saturated heterocycles. The first-order valence-corrected chi connectivity index (χ1v) is 14.9. The molecule has 0 amide bonds. The number of benzene rings is 2. The van der Waals surface area contributed by atoms with E-state index < -0.39 is 0 Å². The average Bonchev–Trinajstić information content (AvgIpc) is 3.05. The van der Waals surface area contributed by atoms with Crippen molar-refractivity contribution in [2.75, 3.05) is 14.2 Å². The molecule has 0 bridgehead atoms. The molecule has 0 unspecified atom stereocenters. The second-order valence-corrected chi connectivity index (χ2v) is 10.8. The fraction of sp³-hybridized carbons (Fsp3) is 0.0588. The molecule has 6 aromatic rings. The van der Waals surface area contributed by atoms with Crippen LogP contribution in [-0.4, -0.2) is 44.4 Å². The lowest BCUT2D eigenvalue weighted by Gasteiger charge is -2.09. The van der Waals surface area contributed by atoms with E-state index in [0.29, 0.717) is 34.0 Å². The number of aromatic nitrogens is 4. The number of pyridine rings is 4. The lowest BCUT2D eigenvalue weighted by molar-refractivity contribution is 0.374. The van der Waals surface area contributed by atoms with Gasteiger partial charge in [0.25, 0.3) is 0 Å². The van der Waals surface area contributed by atoms with E-state index in [2.05, 4.69) is 51.8 Å². The van der Waals surface area contributed by atoms with Crippen LogP contribution in [0.3, 0.4) is 0 Å². The second-order valence-electron chi connectivity index (χ2n) is 9.22. The predicted molar refractivity (Wildman–Crippen MR) is 178 cm³/mol. The summed E-state index contributed by atoms with van der Waals surface area (Å²) >= 11 is 6.72. The predicted octanol–water partition coefficient (Wildman–Crippen LogP) is 8.57. The number of phenolic OH excluding ortho intramolecular Hbond substituents is 2. The van der Waals surface area contributed by atoms with Gasteiger partial charge in [-0.25, -0.2) is 19.9 Å². The lowest BCUT2D eigenvalue weighted by Crippen LogP contribution is -1.92. The first-order chi connectivity index (χ1) is 21.4. The van der Waals surface area contributed by atoms with E-state index in [9.17, 15) is 10.2 Å². The van der Waals surface area contributed by atoms with Gasteiger partial charge >= 0.3 is 0 Å². The maximum Gasteiger partial charge on any atom is 0.167 e. The minimum Gasteiger partial charge on any atom is -0.504 e. The average molecular weight is 714 g/mol. The lowest BCUT2D eigenvalue weighted by atomic mass is 10.1. The molecule has 0 aliphatic carbocycles. The highest BCUT2D eigenvalue weighted by Crippen LogP contribution is 2.37. The molecule has 10 heteroatoms. The maximum atomic E-state index is 10.3. The topological polar surface area (TPSA) is 110 Å². The van der Waals surface area contributed by atoms with Crippen LogP contribution in [0, 0.1) is 0 Å². The highest BCUT2D eigenvalue weighted by atomic mass is 79.9. The summed E-state index contributed by atoms with van der Waals surface area (Å²) in [6.07, 6.45) is 0. The summed E-state index contributed by atoms with van der Waals surface area (Å²) in [6, 6.07) is 33.2. The number of para-hydroxylation sites is 2. The number of ether oxygens (including phenoxy) is 2.